The molecule has 4 rings (SSSR count). The summed E-state index contributed by atoms with van der Waals surface area (Å²) in [4.78, 5) is 39.4. The van der Waals surface area contributed by atoms with E-state index >= 15 is 0 Å². The highest BCUT2D eigenvalue weighted by molar-refractivity contribution is 5.70. The Morgan fingerprint density at radius 3 is 1.15 bits per heavy atom. The number of phenolic OH excluding ortho intramolecular Hbond substituents is 2. The molecule has 2 aromatic carbocycles. The minimum atomic E-state index is -0.331. The molecule has 1 aliphatic carbocycles. The fraction of sp³-hybridized carbons (Fsp3) is 0.622. The molecule has 0 spiro atoms. The van der Waals surface area contributed by atoms with Crippen LogP contribution in [0.25, 0.3) is 0 Å². The Labute approximate surface area is 323 Å². The van der Waals surface area contributed by atoms with Crippen LogP contribution in [0, 0.1) is 0 Å². The molecule has 0 saturated carbocycles. The van der Waals surface area contributed by atoms with E-state index < -0.39 is 0 Å². The molecule has 3 aromatic rings. The van der Waals surface area contributed by atoms with Gasteiger partial charge in [-0.05, 0) is 93.6 Å². The van der Waals surface area contributed by atoms with Gasteiger partial charge in [-0.2, -0.15) is 0 Å². The van der Waals surface area contributed by atoms with E-state index in [9.17, 15) is 24.6 Å². The van der Waals surface area contributed by atoms with Crippen LogP contribution in [0.1, 0.15) is 154 Å². The van der Waals surface area contributed by atoms with Gasteiger partial charge in [-0.25, -0.2) is 4.79 Å². The summed E-state index contributed by atoms with van der Waals surface area (Å²) in [5.41, 5.74) is 6.15. The van der Waals surface area contributed by atoms with Crippen LogP contribution in [0.2, 0.25) is 0 Å². The Balaban J connectivity index is 1.35. The topological polar surface area (TPSA) is 120 Å². The van der Waals surface area contributed by atoms with Crippen LogP contribution in [0.5, 0.6) is 11.5 Å². The average Bonchev–Trinajstić information content (AvgIpc) is 3.31. The van der Waals surface area contributed by atoms with E-state index in [1.165, 1.54) is 0 Å². The minimum Gasteiger partial charge on any atom is -0.507 e. The van der Waals surface area contributed by atoms with Crippen LogP contribution in [-0.4, -0.2) is 44.5 Å². The van der Waals surface area contributed by atoms with E-state index in [1.54, 1.807) is 9.13 Å². The first-order chi connectivity index (χ1) is 24.9. The molecular weight excluding hydrogens is 681 g/mol. The number of carbonyl (C=O) groups excluding carboxylic acids is 2. The van der Waals surface area contributed by atoms with Crippen LogP contribution in [0.4, 0.5) is 0 Å². The van der Waals surface area contributed by atoms with E-state index in [0.717, 1.165) is 70.5 Å². The van der Waals surface area contributed by atoms with Gasteiger partial charge in [-0.3, -0.25) is 18.7 Å². The van der Waals surface area contributed by atoms with Gasteiger partial charge in [0.2, 0.25) is 0 Å². The first kappa shape index (κ1) is 42.7. The van der Waals surface area contributed by atoms with Crippen molar-refractivity contribution in [3.63, 3.8) is 0 Å². The number of rotatable bonds is 12. The number of aryl methyl sites for hydroxylation is 2. The second kappa shape index (κ2) is 16.4. The molecule has 0 aliphatic heterocycles. The number of carbonyl (C=O) groups is 2. The lowest BCUT2D eigenvalue weighted by atomic mass is 9.78. The normalized spacial score (nSPS) is 13.9. The number of hydrogen-bond acceptors (Lipinski definition) is 7. The van der Waals surface area contributed by atoms with Gasteiger partial charge in [0.1, 0.15) is 24.7 Å². The highest BCUT2D eigenvalue weighted by atomic mass is 16.5. The van der Waals surface area contributed by atoms with Crippen molar-refractivity contribution in [3.8, 4) is 11.5 Å². The molecule has 2 N–H and O–H groups in total. The predicted octanol–water partition coefficient (Wildman–Crippen LogP) is 8.48. The predicted molar refractivity (Wildman–Crippen MR) is 215 cm³/mol. The van der Waals surface area contributed by atoms with Crippen LogP contribution < -0.4 is 5.69 Å². The highest BCUT2D eigenvalue weighted by Gasteiger charge is 2.29. The zero-order valence-electron chi connectivity index (χ0n) is 35.1. The number of benzene rings is 2. The maximum Gasteiger partial charge on any atom is 0.328 e. The summed E-state index contributed by atoms with van der Waals surface area (Å²) >= 11 is 0. The average molecular weight is 747 g/mol. The number of fused-ring (bicyclic) bond motifs is 1. The van der Waals surface area contributed by atoms with Crippen LogP contribution in [-0.2, 0) is 79.5 Å². The molecule has 0 unspecified atom stereocenters. The van der Waals surface area contributed by atoms with Crippen LogP contribution in [0.3, 0.4) is 0 Å². The molecule has 0 radical (unpaired) electrons. The molecule has 0 atom stereocenters. The quantitative estimate of drug-likeness (QED) is 0.179. The fourth-order valence-corrected chi connectivity index (χ4v) is 7.40. The number of nitrogens with zero attached hydrogens (tertiary/aromatic N) is 2. The molecular formula is C45H66N2O7. The molecule has 298 valence electrons. The zero-order chi connectivity index (χ0) is 40.4. The van der Waals surface area contributed by atoms with E-state index in [1.807, 2.05) is 24.3 Å². The number of aromatic nitrogens is 2. The van der Waals surface area contributed by atoms with Crippen molar-refractivity contribution >= 4 is 11.9 Å². The van der Waals surface area contributed by atoms with Crippen molar-refractivity contribution in [1.29, 1.82) is 0 Å². The third kappa shape index (κ3) is 10.4. The summed E-state index contributed by atoms with van der Waals surface area (Å²) in [7, 11) is 0. The summed E-state index contributed by atoms with van der Waals surface area (Å²) in [6, 6.07) is 7.96. The summed E-state index contributed by atoms with van der Waals surface area (Å²) in [6.07, 6.45) is 4.88. The van der Waals surface area contributed by atoms with Crippen molar-refractivity contribution in [2.45, 2.75) is 169 Å². The molecule has 0 amide bonds. The van der Waals surface area contributed by atoms with Crippen molar-refractivity contribution in [2.24, 2.45) is 0 Å². The smallest absolute Gasteiger partial charge is 0.328 e. The van der Waals surface area contributed by atoms with Gasteiger partial charge >= 0.3 is 17.6 Å². The van der Waals surface area contributed by atoms with Gasteiger partial charge < -0.3 is 19.7 Å². The number of hydrogen-bond donors (Lipinski definition) is 2. The first-order valence-electron chi connectivity index (χ1n) is 19.8. The second-order valence-electron chi connectivity index (χ2n) is 19.2. The zero-order valence-corrected chi connectivity index (χ0v) is 35.1. The lowest BCUT2D eigenvalue weighted by Crippen LogP contribution is -2.29. The molecule has 1 heterocycles. The van der Waals surface area contributed by atoms with E-state index in [-0.39, 0.29) is 78.4 Å². The molecule has 9 nitrogen and oxygen atoms in total. The number of ether oxygens (including phenoxy) is 2. The number of phenols is 2. The molecule has 1 aliphatic rings. The van der Waals surface area contributed by atoms with Gasteiger partial charge in [-0.15, -0.1) is 0 Å². The minimum absolute atomic E-state index is 0.0886. The maximum absolute atomic E-state index is 13.6. The summed E-state index contributed by atoms with van der Waals surface area (Å²) in [5, 5.41) is 22.1. The van der Waals surface area contributed by atoms with Gasteiger partial charge in [0, 0.05) is 24.2 Å². The maximum atomic E-state index is 13.6. The Morgan fingerprint density at radius 2 is 0.870 bits per heavy atom. The summed E-state index contributed by atoms with van der Waals surface area (Å²) < 4.78 is 14.7. The molecule has 0 fully saturated rings. The van der Waals surface area contributed by atoms with Gasteiger partial charge in [-0.1, -0.05) is 107 Å². The van der Waals surface area contributed by atoms with E-state index in [0.29, 0.717) is 24.3 Å². The first-order valence-corrected chi connectivity index (χ1v) is 19.8. The number of esters is 2. The number of imidazole rings is 1. The Hall–Kier alpha value is -4.01. The van der Waals surface area contributed by atoms with E-state index in [2.05, 4.69) is 83.1 Å². The molecule has 0 bridgehead atoms. The Kier molecular flexibility index (Phi) is 13.0. The monoisotopic (exact) mass is 746 g/mol. The lowest BCUT2D eigenvalue weighted by Gasteiger charge is -2.28. The third-order valence-electron chi connectivity index (χ3n) is 10.5. The van der Waals surface area contributed by atoms with Crippen molar-refractivity contribution in [2.75, 3.05) is 13.2 Å². The SMILES string of the molecule is CC(C)(C)c1cc(CCC(=O)OCCn2c3c(n(CCOC(=O)CCc4cc(C(C)(C)C)c(O)c(C(C)(C)C)c4)c2=O)CCCC3)cc(C(C)(C)C)c1O. The van der Waals surface area contributed by atoms with Crippen molar-refractivity contribution in [1.82, 2.24) is 9.13 Å². The van der Waals surface area contributed by atoms with Crippen molar-refractivity contribution < 1.29 is 29.3 Å². The van der Waals surface area contributed by atoms with Gasteiger partial charge in [0.15, 0.2) is 0 Å². The van der Waals surface area contributed by atoms with E-state index in [4.69, 9.17) is 9.47 Å². The van der Waals surface area contributed by atoms with Gasteiger partial charge in [0.05, 0.1) is 13.1 Å². The largest absolute Gasteiger partial charge is 0.507 e. The molecule has 0 saturated heterocycles. The number of aromatic hydroxyl groups is 2. The van der Waals surface area contributed by atoms with Gasteiger partial charge in [0.25, 0.3) is 0 Å². The van der Waals surface area contributed by atoms with Crippen LogP contribution in [0.15, 0.2) is 29.1 Å². The molecule has 9 heteroatoms. The van der Waals surface area contributed by atoms with Crippen LogP contribution >= 0.6 is 0 Å². The molecule has 1 aromatic heterocycles. The van der Waals surface area contributed by atoms with Crippen molar-refractivity contribution in [3.05, 3.63) is 79.5 Å². The highest BCUT2D eigenvalue weighted by Crippen LogP contribution is 2.41. The Morgan fingerprint density at radius 1 is 0.574 bits per heavy atom. The fourth-order valence-electron chi connectivity index (χ4n) is 7.40. The summed E-state index contributed by atoms with van der Waals surface area (Å²) in [5.74, 6) is -0.0319. The standard InChI is InChI=1S/C45H66N2O7/c1-42(2,3)31-25-29(26-32(39(31)50)43(4,5)6)17-19-37(48)53-23-21-46-35-15-13-14-16-36(35)47(41(46)52)22-24-54-38(49)20-18-30-27-33(44(7,8)9)40(51)34(28-30)45(10,11)12/h25-28,50-51H,13-24H2,1-12H3. The third-order valence-corrected chi connectivity index (χ3v) is 10.5. The molecule has 54 heavy (non-hydrogen) atoms. The summed E-state index contributed by atoms with van der Waals surface area (Å²) in [6.45, 7) is 25.5. The Bertz CT molecular complexity index is 1680. The second-order valence-corrected chi connectivity index (χ2v) is 19.2. The lowest BCUT2D eigenvalue weighted by molar-refractivity contribution is -0.144.